The van der Waals surface area contributed by atoms with Crippen LogP contribution in [0.5, 0.6) is 11.5 Å². The highest BCUT2D eigenvalue weighted by Crippen LogP contribution is 2.28. The summed E-state index contributed by atoms with van der Waals surface area (Å²) in [6.45, 7) is 8.29. The molecule has 3 aromatic rings. The minimum absolute atomic E-state index is 0.148. The standard InChI is InChI=1S/C26H38N2O5.C20H26N2O7.C14H22N2O6.C14H22N2O5S.C14H16N2O3.2C6H8N2O3/c1-4-5-6-7-8-9-10-14-17-33-25(31)22(18-21-15-12-11-13-16-21)28-24(30)19-23(29)27(20(2)3)26(28)32;1-21-17(23)13-18(24)22(20(21)26)14-19(25)29-12-8-4-3-7-11-28-16-10-6-5-9-15(16)27-2;1-15-11(17)9-12(18)16(14(15)20)10-13(19)22-8-6-4-3-5-7-21-2;1-15-11(17)9-12(18)16(14(15)20)10-13(19)21-7-5-3-4-6-8-22-2;1-10(8-11-6-4-3-5-7-11)16-13(18)9-12(17)15(2)14(16)19;2*1-7-4(9)3-5(10)8(2)6(7)11/h11-13,15-16,20,22H,4-10,14,17-19H2,1-3H3;5-6,9-10H,3-4,7-8,11-14H2,1-2H3;2*3-10H2,1-2H3;3-7,10H,8-9H2,1-2H3;2*3H2,1-2H3. The van der Waals surface area contributed by atoms with Crippen molar-refractivity contribution in [1.29, 1.82) is 0 Å². The van der Waals surface area contributed by atoms with Crippen molar-refractivity contribution >= 4 is 161 Å². The molecule has 28 amide bonds. The molecule has 0 saturated carbocycles. The summed E-state index contributed by atoms with van der Waals surface area (Å²) in [5.74, 6) is -7.64. The van der Waals surface area contributed by atoms with E-state index in [4.69, 9.17) is 33.2 Å². The molecule has 0 spiro atoms. The number of rotatable bonds is 46. The van der Waals surface area contributed by atoms with Crippen molar-refractivity contribution in [3.05, 3.63) is 96.1 Å². The number of carbonyl (C=O) groups excluding carboxylic acids is 25. The summed E-state index contributed by atoms with van der Waals surface area (Å²) >= 11 is 1.81. The maximum absolute atomic E-state index is 13.0. The molecule has 0 aromatic heterocycles. The first kappa shape index (κ1) is 125. The van der Waals surface area contributed by atoms with E-state index in [0.717, 1.165) is 170 Å². The molecule has 147 heavy (non-hydrogen) atoms. The highest BCUT2D eigenvalue weighted by Gasteiger charge is 2.47. The van der Waals surface area contributed by atoms with Gasteiger partial charge in [0, 0.05) is 88.6 Å². The van der Waals surface area contributed by atoms with Gasteiger partial charge in [-0.25, -0.2) is 43.3 Å². The van der Waals surface area contributed by atoms with Crippen LogP contribution in [0.2, 0.25) is 0 Å². The van der Waals surface area contributed by atoms with Crippen molar-refractivity contribution in [1.82, 2.24) is 68.6 Å². The molecule has 7 heterocycles. The van der Waals surface area contributed by atoms with Crippen molar-refractivity contribution < 1.29 is 153 Å². The van der Waals surface area contributed by atoms with E-state index in [9.17, 15) is 120 Å². The van der Waals surface area contributed by atoms with Gasteiger partial charge in [-0.1, -0.05) is 144 Å². The Bertz CT molecular complexity index is 4910. The summed E-state index contributed by atoms with van der Waals surface area (Å²) in [6.07, 6.45) is 20.3. The fourth-order valence-electron chi connectivity index (χ4n) is 14.5. The molecule has 2 atom stereocenters. The number of hydrogen-bond acceptors (Lipinski definition) is 33. The van der Waals surface area contributed by atoms with Gasteiger partial charge in [0.1, 0.15) is 70.6 Å². The number of barbiturate groups is 7. The van der Waals surface area contributed by atoms with Crippen LogP contribution in [-0.4, -0.2) is 377 Å². The van der Waals surface area contributed by atoms with Crippen LogP contribution < -0.4 is 9.47 Å². The number of urea groups is 7. The topological polar surface area (TPSA) is 537 Å². The molecular formula is C100H140N14O32S. The van der Waals surface area contributed by atoms with Crippen molar-refractivity contribution in [2.75, 3.05) is 142 Å². The fraction of sp³-hybridized carbons (Fsp3) is 0.570. The van der Waals surface area contributed by atoms with Crippen LogP contribution in [0.25, 0.3) is 0 Å². The number of methoxy groups -OCH3 is 2. The third kappa shape index (κ3) is 41.6. The first-order valence-electron chi connectivity index (χ1n) is 48.5. The highest BCUT2D eigenvalue weighted by molar-refractivity contribution is 7.98. The Balaban J connectivity index is 0.000000367. The SMILES string of the molecule is CC(Cc1ccccc1)N1C(=O)CC(=O)N(C)C1=O.CCCCCCCCCCOC(=O)C(Cc1ccccc1)N1C(=O)CC(=O)N(C(C)C)C1=O.CN1C(=O)CC(=O)N(C)C1=O.CN1C(=O)CC(=O)N(C)C1=O.COCCCCCCOC(=O)CN1C(=O)CC(=O)N(C)C1=O.COc1ccccc1OCCCCCCOC(=O)CN1C(=O)CC(=O)N(C)C1=O.CSCCCCCCOC(=O)CN1C(=O)CC(=O)N(C)C1=O. The normalized spacial score (nSPS) is 16.1. The van der Waals surface area contributed by atoms with Crippen LogP contribution in [-0.2, 0) is 123 Å². The molecule has 47 heteroatoms. The fourth-order valence-corrected chi connectivity index (χ4v) is 15.0. The maximum Gasteiger partial charge on any atom is 0.334 e. The number of hydrogen-bond donors (Lipinski definition) is 0. The second-order valence-electron chi connectivity index (χ2n) is 34.9. The molecule has 7 aliphatic heterocycles. The molecule has 808 valence electrons. The molecule has 3 aromatic carbocycles. The van der Waals surface area contributed by atoms with Crippen LogP contribution >= 0.6 is 11.8 Å². The first-order chi connectivity index (χ1) is 69.8. The zero-order chi connectivity index (χ0) is 110. The lowest BCUT2D eigenvalue weighted by Gasteiger charge is -2.38. The van der Waals surface area contributed by atoms with Crippen molar-refractivity contribution in [3.63, 3.8) is 0 Å². The minimum atomic E-state index is -1.10. The maximum atomic E-state index is 13.0. The average Bonchev–Trinajstić information content (AvgIpc) is 0.773. The second kappa shape index (κ2) is 66.0. The average molecular weight is 2080 g/mol. The number of carbonyl (C=O) groups is 25. The number of unbranched alkanes of at least 4 members (excludes halogenated alkanes) is 16. The molecule has 7 fully saturated rings. The van der Waals surface area contributed by atoms with Gasteiger partial charge in [0.2, 0.25) is 82.7 Å². The Hall–Kier alpha value is -14.3. The summed E-state index contributed by atoms with van der Waals surface area (Å²) in [5, 5.41) is 0. The number of ether oxygens (including phenoxy) is 7. The van der Waals surface area contributed by atoms with Gasteiger partial charge in [0.15, 0.2) is 11.5 Å². The summed E-state index contributed by atoms with van der Waals surface area (Å²) in [6, 6.07) is 19.7. The van der Waals surface area contributed by atoms with Crippen molar-refractivity contribution in [3.8, 4) is 11.5 Å². The van der Waals surface area contributed by atoms with E-state index >= 15 is 0 Å². The molecule has 0 aliphatic carbocycles. The number of benzene rings is 3. The number of amides is 28. The lowest BCUT2D eigenvalue weighted by molar-refractivity contribution is -0.157. The number of esters is 4. The summed E-state index contributed by atoms with van der Waals surface area (Å²) in [7, 11) is 13.9. The Morgan fingerprint density at radius 2 is 0.592 bits per heavy atom. The van der Waals surface area contributed by atoms with Crippen LogP contribution in [0.4, 0.5) is 33.6 Å². The van der Waals surface area contributed by atoms with E-state index in [-0.39, 0.29) is 58.2 Å². The summed E-state index contributed by atoms with van der Waals surface area (Å²) in [4.78, 5) is 304. The van der Waals surface area contributed by atoms with Gasteiger partial charge in [0.05, 0.1) is 40.1 Å². The third-order valence-electron chi connectivity index (χ3n) is 23.4. The van der Waals surface area contributed by atoms with Crippen molar-refractivity contribution in [2.45, 2.75) is 232 Å². The van der Waals surface area contributed by atoms with Gasteiger partial charge in [-0.2, -0.15) is 11.8 Å². The van der Waals surface area contributed by atoms with Gasteiger partial charge in [-0.05, 0) is 127 Å². The Labute approximate surface area is 859 Å². The molecule has 2 unspecified atom stereocenters. The molecule has 7 aliphatic rings. The minimum Gasteiger partial charge on any atom is -0.493 e. The van der Waals surface area contributed by atoms with Gasteiger partial charge < -0.3 is 33.2 Å². The van der Waals surface area contributed by atoms with E-state index in [1.807, 2.05) is 104 Å². The Morgan fingerprint density at radius 1 is 0.299 bits per heavy atom. The highest BCUT2D eigenvalue weighted by atomic mass is 32.2. The van der Waals surface area contributed by atoms with Gasteiger partial charge in [0.25, 0.3) is 0 Å². The van der Waals surface area contributed by atoms with Gasteiger partial charge in [-0.3, -0.25) is 145 Å². The molecule has 7 saturated heterocycles. The summed E-state index contributed by atoms with van der Waals surface area (Å²) < 4.78 is 36.4. The van der Waals surface area contributed by atoms with Crippen LogP contribution in [0.1, 0.15) is 212 Å². The van der Waals surface area contributed by atoms with Gasteiger partial charge >= 0.3 is 66.1 Å². The largest absolute Gasteiger partial charge is 0.493 e. The molecule has 0 bridgehead atoms. The zero-order valence-corrected chi connectivity index (χ0v) is 87.4. The molecular weight excluding hydrogens is 1940 g/mol. The predicted molar refractivity (Wildman–Crippen MR) is 527 cm³/mol. The molecule has 46 nitrogen and oxygen atoms in total. The Kier molecular flexibility index (Phi) is 56.1. The van der Waals surface area contributed by atoms with E-state index < -0.39 is 206 Å². The summed E-state index contributed by atoms with van der Waals surface area (Å²) in [5.41, 5.74) is 1.86. The lowest BCUT2D eigenvalue weighted by Crippen LogP contribution is -2.62. The zero-order valence-electron chi connectivity index (χ0n) is 86.6. The molecule has 0 radical (unpaired) electrons. The first-order valence-corrected chi connectivity index (χ1v) is 49.9. The predicted octanol–water partition coefficient (Wildman–Crippen LogP) is 8.95. The Morgan fingerprint density at radius 3 is 0.959 bits per heavy atom. The second-order valence-corrected chi connectivity index (χ2v) is 35.9. The van der Waals surface area contributed by atoms with Crippen molar-refractivity contribution in [2.24, 2.45) is 0 Å². The molecule has 0 N–H and O–H groups in total. The van der Waals surface area contributed by atoms with Crippen LogP contribution in [0, 0.1) is 0 Å². The smallest absolute Gasteiger partial charge is 0.334 e. The van der Waals surface area contributed by atoms with Crippen LogP contribution in [0.15, 0.2) is 84.9 Å². The monoisotopic (exact) mass is 2080 g/mol. The lowest BCUT2D eigenvalue weighted by atomic mass is 10.0. The van der Waals surface area contributed by atoms with Gasteiger partial charge in [-0.15, -0.1) is 0 Å². The van der Waals surface area contributed by atoms with E-state index in [1.54, 1.807) is 28.1 Å². The molecule has 10 rings (SSSR count). The number of para-hydroxylation sites is 2. The quantitative estimate of drug-likeness (QED) is 0.0220. The third-order valence-corrected chi connectivity index (χ3v) is 24.1. The van der Waals surface area contributed by atoms with E-state index in [2.05, 4.69) is 13.2 Å². The number of nitrogens with zero attached hydrogens (tertiary/aromatic N) is 14. The van der Waals surface area contributed by atoms with E-state index in [0.29, 0.717) is 37.6 Å². The van der Waals surface area contributed by atoms with E-state index in [1.165, 1.54) is 93.4 Å². The number of imide groups is 14. The van der Waals surface area contributed by atoms with Crippen LogP contribution in [0.3, 0.4) is 0 Å². The number of thioether (sulfide) groups is 1.